The first kappa shape index (κ1) is 32.4. The van der Waals surface area contributed by atoms with E-state index >= 15 is 0 Å². The Kier molecular flexibility index (Phi) is 10.1. The number of hydrogen-bond donors (Lipinski definition) is 1. The average Bonchev–Trinajstić information content (AvgIpc) is 3.34. The summed E-state index contributed by atoms with van der Waals surface area (Å²) in [5.41, 5.74) is 5.47. The molecule has 0 aliphatic carbocycles. The maximum atomic E-state index is 14.6. The van der Waals surface area contributed by atoms with Crippen molar-refractivity contribution in [2.24, 2.45) is 13.0 Å². The molecule has 238 valence electrons. The number of aromatic nitrogens is 1. The molecule has 1 aliphatic heterocycles. The predicted molar refractivity (Wildman–Crippen MR) is 179 cm³/mol. The maximum Gasteiger partial charge on any atom is 0.271 e. The van der Waals surface area contributed by atoms with Crippen LogP contribution in [0, 0.1) is 5.92 Å². The smallest absolute Gasteiger partial charge is 0.271 e. The number of hydrogen-bond acceptors (Lipinski definition) is 5. The first-order chi connectivity index (χ1) is 21.6. The Bertz CT molecular complexity index is 1630. The summed E-state index contributed by atoms with van der Waals surface area (Å²) in [7, 11) is 7.64. The van der Waals surface area contributed by atoms with Crippen LogP contribution in [0.1, 0.15) is 35.5 Å². The molecule has 2 heterocycles. The van der Waals surface area contributed by atoms with Gasteiger partial charge in [0.25, 0.3) is 5.91 Å². The molecule has 0 bridgehead atoms. The molecule has 8 heteroatoms. The van der Waals surface area contributed by atoms with Crippen molar-refractivity contribution >= 4 is 22.7 Å². The van der Waals surface area contributed by atoms with Crippen molar-refractivity contribution in [3.63, 3.8) is 0 Å². The van der Waals surface area contributed by atoms with E-state index in [1.165, 1.54) is 0 Å². The quantitative estimate of drug-likeness (QED) is 0.309. The zero-order valence-corrected chi connectivity index (χ0v) is 27.3. The Hall–Kier alpha value is -3.98. The largest absolute Gasteiger partial charge is 0.394 e. The molecule has 0 radical (unpaired) electrons. The number of ether oxygens (including phenoxy) is 1. The zero-order valence-electron chi connectivity index (χ0n) is 27.3. The monoisotopic (exact) mass is 610 g/mol. The molecule has 45 heavy (non-hydrogen) atoms. The van der Waals surface area contributed by atoms with Gasteiger partial charge in [-0.1, -0.05) is 79.7 Å². The summed E-state index contributed by atoms with van der Waals surface area (Å²) in [6.45, 7) is 4.84. The number of aliphatic hydroxyl groups excluding tert-OH is 1. The number of carbonyl (C=O) groups is 2. The minimum atomic E-state index is -0.411. The second-order valence-corrected chi connectivity index (χ2v) is 12.7. The number of rotatable bonds is 8. The van der Waals surface area contributed by atoms with E-state index < -0.39 is 6.04 Å². The molecule has 1 aliphatic rings. The Morgan fingerprint density at radius 3 is 2.38 bits per heavy atom. The van der Waals surface area contributed by atoms with Crippen LogP contribution in [-0.4, -0.2) is 95.2 Å². The number of carbonyl (C=O) groups excluding carboxylic acids is 2. The number of aryl methyl sites for hydroxylation is 1. The summed E-state index contributed by atoms with van der Waals surface area (Å²) in [6, 6.07) is 25.5. The highest BCUT2D eigenvalue weighted by atomic mass is 16.5. The SMILES string of the molecule is C[C@@H]1CN([C@@H](C)CO)C(=O)c2c(c3ccccc3n2C)-c2ccccc2CO[C@H]1CN(C)C(=O)[C@@H](Cc1ccccc1)N(C)C. The van der Waals surface area contributed by atoms with Crippen LogP contribution < -0.4 is 0 Å². The van der Waals surface area contributed by atoms with E-state index in [2.05, 4.69) is 19.1 Å². The summed E-state index contributed by atoms with van der Waals surface area (Å²) in [5, 5.41) is 11.3. The molecule has 0 spiro atoms. The molecular weight excluding hydrogens is 564 g/mol. The average molecular weight is 611 g/mol. The second-order valence-electron chi connectivity index (χ2n) is 12.7. The molecule has 0 fully saturated rings. The number of para-hydroxylation sites is 1. The van der Waals surface area contributed by atoms with Gasteiger partial charge in [-0.15, -0.1) is 0 Å². The lowest BCUT2D eigenvalue weighted by Crippen LogP contribution is -2.50. The van der Waals surface area contributed by atoms with Crippen LogP contribution in [0.25, 0.3) is 22.0 Å². The van der Waals surface area contributed by atoms with Gasteiger partial charge in [-0.3, -0.25) is 14.5 Å². The van der Waals surface area contributed by atoms with E-state index in [0.29, 0.717) is 31.8 Å². The number of likely N-dealkylation sites (N-methyl/N-ethyl adjacent to an activating group) is 2. The van der Waals surface area contributed by atoms with Crippen LogP contribution in [0.4, 0.5) is 0 Å². The Morgan fingerprint density at radius 1 is 1.00 bits per heavy atom. The Labute approximate surface area is 266 Å². The van der Waals surface area contributed by atoms with Gasteiger partial charge in [0, 0.05) is 49.6 Å². The lowest BCUT2D eigenvalue weighted by molar-refractivity contribution is -0.137. The second kappa shape index (κ2) is 14.0. The van der Waals surface area contributed by atoms with Crippen molar-refractivity contribution in [3.05, 3.63) is 95.7 Å². The van der Waals surface area contributed by atoms with Gasteiger partial charge in [-0.05, 0) is 50.2 Å². The number of fused-ring (bicyclic) bond motifs is 5. The van der Waals surface area contributed by atoms with E-state index in [9.17, 15) is 14.7 Å². The minimum Gasteiger partial charge on any atom is -0.394 e. The van der Waals surface area contributed by atoms with Crippen molar-refractivity contribution in [2.45, 2.75) is 45.1 Å². The molecule has 3 aromatic carbocycles. The van der Waals surface area contributed by atoms with Gasteiger partial charge in [-0.25, -0.2) is 0 Å². The highest BCUT2D eigenvalue weighted by Crippen LogP contribution is 2.38. The third-order valence-corrected chi connectivity index (χ3v) is 9.24. The third-order valence-electron chi connectivity index (χ3n) is 9.24. The number of aliphatic hydroxyl groups is 1. The van der Waals surface area contributed by atoms with E-state index in [-0.39, 0.29) is 36.5 Å². The summed E-state index contributed by atoms with van der Waals surface area (Å²) in [5.74, 6) is -0.244. The molecule has 1 N–H and O–H groups in total. The van der Waals surface area contributed by atoms with E-state index in [0.717, 1.165) is 33.2 Å². The fourth-order valence-corrected chi connectivity index (χ4v) is 6.47. The van der Waals surface area contributed by atoms with Crippen LogP contribution in [0.2, 0.25) is 0 Å². The van der Waals surface area contributed by atoms with Crippen molar-refractivity contribution in [1.29, 1.82) is 0 Å². The van der Waals surface area contributed by atoms with Crippen molar-refractivity contribution in [2.75, 3.05) is 40.8 Å². The summed E-state index contributed by atoms with van der Waals surface area (Å²) >= 11 is 0. The fraction of sp³-hybridized carbons (Fsp3) is 0.405. The van der Waals surface area contributed by atoms with Gasteiger partial charge in [0.15, 0.2) is 0 Å². The molecular formula is C37H46N4O4. The van der Waals surface area contributed by atoms with Crippen LogP contribution in [0.5, 0.6) is 0 Å². The van der Waals surface area contributed by atoms with Gasteiger partial charge < -0.3 is 24.2 Å². The normalized spacial score (nSPS) is 18.7. The minimum absolute atomic E-state index is 0.0184. The van der Waals surface area contributed by atoms with Crippen LogP contribution >= 0.6 is 0 Å². The summed E-state index contributed by atoms with van der Waals surface area (Å²) in [4.78, 5) is 34.0. The Balaban J connectivity index is 1.52. The van der Waals surface area contributed by atoms with Crippen LogP contribution in [-0.2, 0) is 29.6 Å². The van der Waals surface area contributed by atoms with Gasteiger partial charge >= 0.3 is 0 Å². The van der Waals surface area contributed by atoms with Gasteiger partial charge in [-0.2, -0.15) is 0 Å². The van der Waals surface area contributed by atoms with Gasteiger partial charge in [0.05, 0.1) is 31.4 Å². The third kappa shape index (κ3) is 6.69. The van der Waals surface area contributed by atoms with Crippen molar-refractivity contribution < 1.29 is 19.4 Å². The van der Waals surface area contributed by atoms with E-state index in [4.69, 9.17) is 4.74 Å². The molecule has 0 saturated heterocycles. The van der Waals surface area contributed by atoms with Gasteiger partial charge in [0.2, 0.25) is 5.91 Å². The highest BCUT2D eigenvalue weighted by molar-refractivity contribution is 6.10. The first-order valence-corrected chi connectivity index (χ1v) is 15.8. The van der Waals surface area contributed by atoms with Crippen LogP contribution in [0.15, 0.2) is 78.9 Å². The molecule has 5 rings (SSSR count). The molecule has 2 amide bonds. The maximum absolute atomic E-state index is 14.6. The molecule has 4 aromatic rings. The highest BCUT2D eigenvalue weighted by Gasteiger charge is 2.34. The molecule has 0 saturated carbocycles. The fourth-order valence-electron chi connectivity index (χ4n) is 6.47. The Morgan fingerprint density at radius 2 is 1.67 bits per heavy atom. The topological polar surface area (TPSA) is 78.2 Å². The lowest BCUT2D eigenvalue weighted by atomic mass is 9.96. The molecule has 4 atom stereocenters. The predicted octanol–water partition coefficient (Wildman–Crippen LogP) is 4.83. The number of nitrogens with zero attached hydrogens (tertiary/aromatic N) is 4. The molecule has 8 nitrogen and oxygen atoms in total. The number of benzene rings is 3. The molecule has 1 aromatic heterocycles. The molecule has 0 unspecified atom stereocenters. The summed E-state index contributed by atoms with van der Waals surface area (Å²) in [6.07, 6.45) is 0.249. The van der Waals surface area contributed by atoms with Gasteiger partial charge in [0.1, 0.15) is 5.69 Å². The van der Waals surface area contributed by atoms with E-state index in [1.54, 1.807) is 9.80 Å². The van der Waals surface area contributed by atoms with Crippen LogP contribution in [0.3, 0.4) is 0 Å². The zero-order chi connectivity index (χ0) is 32.2. The van der Waals surface area contributed by atoms with Crippen molar-refractivity contribution in [1.82, 2.24) is 19.3 Å². The van der Waals surface area contributed by atoms with Crippen molar-refractivity contribution in [3.8, 4) is 11.1 Å². The lowest BCUT2D eigenvalue weighted by Gasteiger charge is -2.36. The standard InChI is InChI=1S/C37H46N4O4/c1-25-21-41(26(2)23-42)37(44)35-34(30-18-12-13-19-31(30)40(35)6)29-17-11-10-16-28(29)24-45-33(25)22-39(5)36(43)32(38(3)4)20-27-14-8-7-9-15-27/h7-19,25-26,32-33,42H,20-24H2,1-6H3/t25-,26+,32-,33+/m1/s1. The number of amides is 2. The first-order valence-electron chi connectivity index (χ1n) is 15.8. The summed E-state index contributed by atoms with van der Waals surface area (Å²) < 4.78 is 8.68. The van der Waals surface area contributed by atoms with E-state index in [1.807, 2.05) is 111 Å².